The first kappa shape index (κ1) is 21.6. The summed E-state index contributed by atoms with van der Waals surface area (Å²) in [6.07, 6.45) is 0.863. The molecule has 27 heavy (non-hydrogen) atoms. The average Bonchev–Trinajstić information content (AvgIpc) is 2.65. The third kappa shape index (κ3) is 6.17. The Morgan fingerprint density at radius 2 is 1.93 bits per heavy atom. The number of para-hydroxylation sites is 1. The zero-order valence-corrected chi connectivity index (χ0v) is 18.3. The van der Waals surface area contributed by atoms with Crippen molar-refractivity contribution in [2.75, 3.05) is 31.5 Å². The quantitative estimate of drug-likeness (QED) is 0.392. The van der Waals surface area contributed by atoms with Gasteiger partial charge < -0.3 is 15.5 Å². The summed E-state index contributed by atoms with van der Waals surface area (Å²) in [5, 5.41) is 6.00. The Balaban J connectivity index is 2.08. The highest BCUT2D eigenvalue weighted by Crippen LogP contribution is 2.27. The van der Waals surface area contributed by atoms with Crippen molar-refractivity contribution in [2.24, 2.45) is 0 Å². The van der Waals surface area contributed by atoms with Gasteiger partial charge in [0.1, 0.15) is 5.82 Å². The predicted octanol–water partition coefficient (Wildman–Crippen LogP) is 4.94. The van der Waals surface area contributed by atoms with Crippen LogP contribution in [0.15, 0.2) is 36.4 Å². The second-order valence-corrected chi connectivity index (χ2v) is 7.63. The minimum atomic E-state index is -0.441. The van der Waals surface area contributed by atoms with Gasteiger partial charge in [0.15, 0.2) is 0 Å². The highest BCUT2D eigenvalue weighted by Gasteiger charge is 2.16. The topological polar surface area (TPSA) is 44.4 Å². The molecule has 2 rings (SSSR count). The van der Waals surface area contributed by atoms with Crippen molar-refractivity contribution < 1.29 is 9.18 Å². The molecule has 0 aromatic heterocycles. The molecule has 0 atom stereocenters. The number of nitrogens with one attached hydrogen (secondary N) is 2. The van der Waals surface area contributed by atoms with E-state index < -0.39 is 5.82 Å². The minimum Gasteiger partial charge on any atom is -0.352 e. The van der Waals surface area contributed by atoms with Crippen LogP contribution in [0.1, 0.15) is 36.2 Å². The number of nitrogens with zero attached hydrogens (tertiary/aromatic N) is 1. The number of hydrogen-bond donors (Lipinski definition) is 2. The fraction of sp³-hybridized carbons (Fsp3) is 0.381. The van der Waals surface area contributed by atoms with Crippen molar-refractivity contribution in [1.82, 2.24) is 10.2 Å². The van der Waals surface area contributed by atoms with E-state index >= 15 is 0 Å². The van der Waals surface area contributed by atoms with Gasteiger partial charge in [0.25, 0.3) is 5.91 Å². The third-order valence-corrected chi connectivity index (χ3v) is 5.21. The average molecular weight is 483 g/mol. The first-order valence-corrected chi connectivity index (χ1v) is 10.4. The third-order valence-electron chi connectivity index (χ3n) is 4.54. The maximum atomic E-state index is 14.4. The van der Waals surface area contributed by atoms with E-state index in [1.807, 2.05) is 25.1 Å². The van der Waals surface area contributed by atoms with Crippen molar-refractivity contribution in [3.05, 3.63) is 56.9 Å². The summed E-state index contributed by atoms with van der Waals surface area (Å²) in [5.41, 5.74) is 2.31. The van der Waals surface area contributed by atoms with E-state index in [1.54, 1.807) is 12.1 Å². The monoisotopic (exact) mass is 483 g/mol. The zero-order chi connectivity index (χ0) is 19.8. The smallest absolute Gasteiger partial charge is 0.253 e. The number of halogens is 2. The molecule has 1 amide bonds. The van der Waals surface area contributed by atoms with Gasteiger partial charge in [-0.3, -0.25) is 4.79 Å². The van der Waals surface area contributed by atoms with Crippen molar-refractivity contribution in [3.8, 4) is 0 Å². The van der Waals surface area contributed by atoms with E-state index in [-0.39, 0.29) is 11.6 Å². The summed E-state index contributed by atoms with van der Waals surface area (Å²) in [6.45, 7) is 9.70. The van der Waals surface area contributed by atoms with E-state index in [2.05, 4.69) is 52.0 Å². The number of hydrogen-bond acceptors (Lipinski definition) is 3. The second-order valence-electron chi connectivity index (χ2n) is 6.38. The Morgan fingerprint density at radius 3 is 2.59 bits per heavy atom. The van der Waals surface area contributed by atoms with Crippen LogP contribution in [-0.4, -0.2) is 37.0 Å². The van der Waals surface area contributed by atoms with E-state index in [0.29, 0.717) is 12.1 Å². The summed E-state index contributed by atoms with van der Waals surface area (Å²) in [4.78, 5) is 14.9. The van der Waals surface area contributed by atoms with Crippen molar-refractivity contribution >= 4 is 39.9 Å². The summed E-state index contributed by atoms with van der Waals surface area (Å²) >= 11 is 2.24. The molecule has 0 radical (unpaired) electrons. The van der Waals surface area contributed by atoms with Gasteiger partial charge in [0.2, 0.25) is 0 Å². The highest BCUT2D eigenvalue weighted by atomic mass is 127. The van der Waals surface area contributed by atoms with Crippen LogP contribution in [0, 0.1) is 16.3 Å². The van der Waals surface area contributed by atoms with Crippen LogP contribution in [0.5, 0.6) is 0 Å². The van der Waals surface area contributed by atoms with Gasteiger partial charge in [-0.05, 0) is 91.5 Å². The number of carbonyl (C=O) groups excluding carboxylic acids is 1. The molecule has 0 heterocycles. The van der Waals surface area contributed by atoms with Gasteiger partial charge in [-0.2, -0.15) is 0 Å². The van der Waals surface area contributed by atoms with Gasteiger partial charge in [0, 0.05) is 15.8 Å². The Bertz CT molecular complexity index is 778. The fourth-order valence-corrected chi connectivity index (χ4v) is 3.53. The lowest BCUT2D eigenvalue weighted by atomic mass is 10.1. The van der Waals surface area contributed by atoms with Gasteiger partial charge >= 0.3 is 0 Å². The Hall–Kier alpha value is -1.67. The molecular weight excluding hydrogens is 456 g/mol. The molecule has 0 saturated heterocycles. The molecule has 2 N–H and O–H groups in total. The molecule has 6 heteroatoms. The molecular formula is C21H27FIN3O. The van der Waals surface area contributed by atoms with Crippen LogP contribution in [0.25, 0.3) is 0 Å². The summed E-state index contributed by atoms with van der Waals surface area (Å²) in [7, 11) is 0. The van der Waals surface area contributed by atoms with Crippen LogP contribution in [-0.2, 0) is 0 Å². The molecule has 0 fully saturated rings. The number of aryl methyl sites for hydroxylation is 1. The first-order valence-electron chi connectivity index (χ1n) is 9.28. The lowest BCUT2D eigenvalue weighted by Crippen LogP contribution is -2.30. The molecule has 0 unspecified atom stereocenters. The van der Waals surface area contributed by atoms with Crippen LogP contribution in [0.3, 0.4) is 0 Å². The number of benzene rings is 2. The highest BCUT2D eigenvalue weighted by molar-refractivity contribution is 14.1. The van der Waals surface area contributed by atoms with E-state index in [0.717, 1.165) is 40.9 Å². The van der Waals surface area contributed by atoms with E-state index in [1.165, 1.54) is 6.07 Å². The van der Waals surface area contributed by atoms with Crippen LogP contribution in [0.4, 0.5) is 15.8 Å². The van der Waals surface area contributed by atoms with Gasteiger partial charge in [0.05, 0.1) is 11.3 Å². The number of amides is 1. The number of carbonyl (C=O) groups is 1. The molecule has 146 valence electrons. The number of rotatable bonds is 9. The number of anilines is 2. The molecule has 0 bridgehead atoms. The van der Waals surface area contributed by atoms with Crippen LogP contribution >= 0.6 is 22.6 Å². The van der Waals surface area contributed by atoms with Crippen molar-refractivity contribution in [2.45, 2.75) is 27.2 Å². The molecule has 0 aliphatic carbocycles. The Labute approximate surface area is 174 Å². The molecule has 0 spiro atoms. The van der Waals surface area contributed by atoms with Gasteiger partial charge in [-0.15, -0.1) is 0 Å². The summed E-state index contributed by atoms with van der Waals surface area (Å²) < 4.78 is 15.5. The minimum absolute atomic E-state index is 0.211. The predicted molar refractivity (Wildman–Crippen MR) is 118 cm³/mol. The molecule has 2 aromatic carbocycles. The molecule has 0 aliphatic heterocycles. The maximum Gasteiger partial charge on any atom is 0.253 e. The molecule has 4 nitrogen and oxygen atoms in total. The van der Waals surface area contributed by atoms with E-state index in [9.17, 15) is 9.18 Å². The normalized spacial score (nSPS) is 10.9. The largest absolute Gasteiger partial charge is 0.352 e. The maximum absolute atomic E-state index is 14.4. The lowest BCUT2D eigenvalue weighted by Gasteiger charge is -2.18. The van der Waals surface area contributed by atoms with Gasteiger partial charge in [-0.1, -0.05) is 19.9 Å². The Morgan fingerprint density at radius 1 is 1.19 bits per heavy atom. The molecule has 0 aliphatic rings. The zero-order valence-electron chi connectivity index (χ0n) is 16.1. The Kier molecular flexibility index (Phi) is 8.50. The fourth-order valence-electron chi connectivity index (χ4n) is 2.88. The van der Waals surface area contributed by atoms with Gasteiger partial charge in [-0.25, -0.2) is 4.39 Å². The lowest BCUT2D eigenvalue weighted by molar-refractivity contribution is 0.0952. The van der Waals surface area contributed by atoms with E-state index in [4.69, 9.17) is 0 Å². The van der Waals surface area contributed by atoms with Crippen molar-refractivity contribution in [1.29, 1.82) is 0 Å². The molecule has 0 saturated carbocycles. The summed E-state index contributed by atoms with van der Waals surface area (Å²) in [5.74, 6) is -0.705. The summed E-state index contributed by atoms with van der Waals surface area (Å²) in [6, 6.07) is 10.4. The van der Waals surface area contributed by atoms with Crippen LogP contribution < -0.4 is 10.6 Å². The van der Waals surface area contributed by atoms with Crippen molar-refractivity contribution in [3.63, 3.8) is 0 Å². The second kappa shape index (κ2) is 10.6. The van der Waals surface area contributed by atoms with Crippen LogP contribution in [0.2, 0.25) is 0 Å². The molecule has 2 aromatic rings. The SMILES string of the molecule is CCN(CC)CCCNC(=O)c1cccc(F)c1Nc1ccc(I)cc1C. The standard InChI is InChI=1S/C21H27FIN3O/c1-4-26(5-2)13-7-12-24-21(27)17-8-6-9-18(22)20(17)25-19-11-10-16(23)14-15(19)3/h6,8-11,14,25H,4-5,7,12-13H2,1-3H3,(H,24,27). The first-order chi connectivity index (χ1) is 13.0.